The second-order valence-corrected chi connectivity index (χ2v) is 9.77. The standard InChI is InChI=1S/C25H17Cl3FN3OS/c1-33-24-9-4-15(10-20(24)29)21-12-23(18-8-7-17(27)11-19(18)28)32(31-21)25-30-22(13-34-25)14-2-5-16(26)6-3-14/h2-11,13,23H,12H2,1H3. The molecule has 0 saturated carbocycles. The summed E-state index contributed by atoms with van der Waals surface area (Å²) in [4.78, 5) is 4.82. The lowest BCUT2D eigenvalue weighted by Gasteiger charge is -2.22. The molecular weight excluding hydrogens is 516 g/mol. The van der Waals surface area contributed by atoms with Gasteiger partial charge in [-0.2, -0.15) is 5.10 Å². The highest BCUT2D eigenvalue weighted by molar-refractivity contribution is 7.14. The van der Waals surface area contributed by atoms with Gasteiger partial charge in [0.25, 0.3) is 0 Å². The van der Waals surface area contributed by atoms with Gasteiger partial charge in [-0.1, -0.05) is 53.0 Å². The molecule has 0 amide bonds. The molecule has 34 heavy (non-hydrogen) atoms. The summed E-state index contributed by atoms with van der Waals surface area (Å²) >= 11 is 20.2. The van der Waals surface area contributed by atoms with Gasteiger partial charge in [0.15, 0.2) is 11.6 Å². The van der Waals surface area contributed by atoms with E-state index in [9.17, 15) is 4.39 Å². The van der Waals surface area contributed by atoms with Gasteiger partial charge in [0.05, 0.1) is 24.6 Å². The summed E-state index contributed by atoms with van der Waals surface area (Å²) < 4.78 is 19.5. The van der Waals surface area contributed by atoms with E-state index in [4.69, 9.17) is 49.6 Å². The van der Waals surface area contributed by atoms with Gasteiger partial charge < -0.3 is 4.74 Å². The molecule has 1 atom stereocenters. The predicted octanol–water partition coefficient (Wildman–Crippen LogP) is 8.27. The van der Waals surface area contributed by atoms with Crippen molar-refractivity contribution in [2.75, 3.05) is 12.1 Å². The first-order valence-corrected chi connectivity index (χ1v) is 12.3. The second-order valence-electron chi connectivity index (χ2n) is 7.65. The molecule has 1 aliphatic heterocycles. The molecule has 4 aromatic rings. The fourth-order valence-electron chi connectivity index (χ4n) is 3.84. The van der Waals surface area contributed by atoms with E-state index in [0.29, 0.717) is 32.2 Å². The van der Waals surface area contributed by atoms with Crippen molar-refractivity contribution in [3.05, 3.63) is 98.1 Å². The molecule has 4 nitrogen and oxygen atoms in total. The second kappa shape index (κ2) is 9.55. The van der Waals surface area contributed by atoms with Crippen molar-refractivity contribution in [3.63, 3.8) is 0 Å². The van der Waals surface area contributed by atoms with Gasteiger partial charge in [-0.15, -0.1) is 11.3 Å². The lowest BCUT2D eigenvalue weighted by Crippen LogP contribution is -2.18. The highest BCUT2D eigenvalue weighted by Crippen LogP contribution is 2.42. The molecule has 0 bridgehead atoms. The van der Waals surface area contributed by atoms with Crippen LogP contribution in [-0.2, 0) is 0 Å². The molecule has 0 fully saturated rings. The number of benzene rings is 3. The van der Waals surface area contributed by atoms with Crippen LogP contribution in [0.1, 0.15) is 23.6 Å². The van der Waals surface area contributed by atoms with E-state index in [-0.39, 0.29) is 11.8 Å². The molecule has 1 aromatic heterocycles. The number of aromatic nitrogens is 1. The minimum atomic E-state index is -0.443. The first kappa shape index (κ1) is 23.1. The van der Waals surface area contributed by atoms with E-state index < -0.39 is 5.82 Å². The molecule has 0 radical (unpaired) electrons. The Morgan fingerprint density at radius 2 is 1.71 bits per heavy atom. The van der Waals surface area contributed by atoms with Crippen LogP contribution in [0.3, 0.4) is 0 Å². The van der Waals surface area contributed by atoms with Gasteiger partial charge in [-0.05, 0) is 48.0 Å². The summed E-state index contributed by atoms with van der Waals surface area (Å²) in [5.74, 6) is -0.259. The first-order valence-electron chi connectivity index (χ1n) is 10.3. The summed E-state index contributed by atoms with van der Waals surface area (Å²) in [5, 5.41) is 11.1. The Morgan fingerprint density at radius 1 is 0.971 bits per heavy atom. The van der Waals surface area contributed by atoms with Crippen molar-refractivity contribution in [2.24, 2.45) is 5.10 Å². The van der Waals surface area contributed by atoms with Crippen molar-refractivity contribution < 1.29 is 9.13 Å². The smallest absolute Gasteiger partial charge is 0.207 e. The summed E-state index contributed by atoms with van der Waals surface area (Å²) in [6, 6.07) is 17.5. The fraction of sp³-hybridized carbons (Fsp3) is 0.120. The van der Waals surface area contributed by atoms with E-state index >= 15 is 0 Å². The molecule has 0 spiro atoms. The van der Waals surface area contributed by atoms with Crippen LogP contribution in [0.15, 0.2) is 71.1 Å². The number of halogens is 4. The number of nitrogens with zero attached hydrogens (tertiary/aromatic N) is 3. The molecule has 0 aliphatic carbocycles. The highest BCUT2D eigenvalue weighted by atomic mass is 35.5. The van der Waals surface area contributed by atoms with E-state index in [1.165, 1.54) is 24.5 Å². The highest BCUT2D eigenvalue weighted by Gasteiger charge is 2.33. The maximum absolute atomic E-state index is 14.4. The molecular formula is C25H17Cl3FN3OS. The van der Waals surface area contributed by atoms with Gasteiger partial charge in [-0.25, -0.2) is 14.4 Å². The number of hydrogen-bond acceptors (Lipinski definition) is 5. The number of hydrazone groups is 1. The predicted molar refractivity (Wildman–Crippen MR) is 138 cm³/mol. The first-order chi connectivity index (χ1) is 16.4. The lowest BCUT2D eigenvalue weighted by molar-refractivity contribution is 0.386. The number of methoxy groups -OCH3 is 1. The van der Waals surface area contributed by atoms with Crippen LogP contribution >= 0.6 is 46.1 Å². The van der Waals surface area contributed by atoms with Gasteiger partial charge in [0, 0.05) is 38.0 Å². The Balaban J connectivity index is 1.55. The summed E-state index contributed by atoms with van der Waals surface area (Å²) in [5.41, 5.74) is 4.03. The van der Waals surface area contributed by atoms with Crippen molar-refractivity contribution in [1.82, 2.24) is 4.98 Å². The molecule has 5 rings (SSSR count). The summed E-state index contributed by atoms with van der Waals surface area (Å²) in [6.45, 7) is 0. The van der Waals surface area contributed by atoms with Crippen LogP contribution < -0.4 is 9.75 Å². The molecule has 2 heterocycles. The number of hydrogen-bond donors (Lipinski definition) is 0. The third-order valence-electron chi connectivity index (χ3n) is 5.54. The minimum absolute atomic E-state index is 0.184. The molecule has 0 saturated heterocycles. The third kappa shape index (κ3) is 4.51. The van der Waals surface area contributed by atoms with E-state index in [1.54, 1.807) is 24.3 Å². The fourth-order valence-corrected chi connectivity index (χ4v) is 5.34. The maximum Gasteiger partial charge on any atom is 0.207 e. The van der Waals surface area contributed by atoms with Gasteiger partial charge in [0.2, 0.25) is 5.13 Å². The summed E-state index contributed by atoms with van der Waals surface area (Å²) in [6.07, 6.45) is 0.517. The topological polar surface area (TPSA) is 37.7 Å². The van der Waals surface area contributed by atoms with E-state index in [0.717, 1.165) is 22.5 Å². The van der Waals surface area contributed by atoms with Crippen molar-refractivity contribution in [2.45, 2.75) is 12.5 Å². The number of anilines is 1. The van der Waals surface area contributed by atoms with Crippen LogP contribution in [0.2, 0.25) is 15.1 Å². The number of thiazole rings is 1. The zero-order chi connectivity index (χ0) is 23.8. The van der Waals surface area contributed by atoms with Gasteiger partial charge in [-0.3, -0.25) is 0 Å². The zero-order valence-electron chi connectivity index (χ0n) is 17.8. The Hall–Kier alpha value is -2.64. The van der Waals surface area contributed by atoms with Crippen LogP contribution in [0.5, 0.6) is 5.75 Å². The normalized spacial score (nSPS) is 15.5. The molecule has 0 N–H and O–H groups in total. The summed E-state index contributed by atoms with van der Waals surface area (Å²) in [7, 11) is 1.44. The van der Waals surface area contributed by atoms with E-state index in [1.807, 2.05) is 40.7 Å². The molecule has 1 aliphatic rings. The minimum Gasteiger partial charge on any atom is -0.494 e. The largest absolute Gasteiger partial charge is 0.494 e. The number of rotatable bonds is 5. The average molecular weight is 533 g/mol. The number of ether oxygens (including phenoxy) is 1. The van der Waals surface area contributed by atoms with Crippen LogP contribution in [0, 0.1) is 5.82 Å². The lowest BCUT2D eigenvalue weighted by atomic mass is 9.98. The van der Waals surface area contributed by atoms with Gasteiger partial charge in [0.1, 0.15) is 0 Å². The van der Waals surface area contributed by atoms with Crippen LogP contribution in [-0.4, -0.2) is 17.8 Å². The SMILES string of the molecule is COc1ccc(C2=NN(c3nc(-c4ccc(Cl)cc4)cs3)C(c3ccc(Cl)cc3Cl)C2)cc1F. The molecule has 172 valence electrons. The van der Waals surface area contributed by atoms with E-state index in [2.05, 4.69) is 0 Å². The molecule has 9 heteroatoms. The maximum atomic E-state index is 14.4. The third-order valence-corrected chi connectivity index (χ3v) is 7.19. The zero-order valence-corrected chi connectivity index (χ0v) is 20.9. The Labute approximate surface area is 215 Å². The van der Waals surface area contributed by atoms with Crippen molar-refractivity contribution in [1.29, 1.82) is 0 Å². The van der Waals surface area contributed by atoms with Crippen LogP contribution in [0.25, 0.3) is 11.3 Å². The monoisotopic (exact) mass is 531 g/mol. The average Bonchev–Trinajstić information content (AvgIpc) is 3.47. The Kier molecular flexibility index (Phi) is 6.49. The quantitative estimate of drug-likeness (QED) is 0.259. The van der Waals surface area contributed by atoms with Crippen molar-refractivity contribution in [3.8, 4) is 17.0 Å². The van der Waals surface area contributed by atoms with Crippen molar-refractivity contribution >= 4 is 57.0 Å². The molecule has 3 aromatic carbocycles. The van der Waals surface area contributed by atoms with Gasteiger partial charge >= 0.3 is 0 Å². The van der Waals surface area contributed by atoms with Crippen LogP contribution in [0.4, 0.5) is 9.52 Å². The molecule has 1 unspecified atom stereocenters. The Bertz CT molecular complexity index is 1390. The Morgan fingerprint density at radius 3 is 2.41 bits per heavy atom.